The molecule has 0 saturated carbocycles. The number of carbonyl (C=O) groups is 2. The quantitative estimate of drug-likeness (QED) is 0.797. The van der Waals surface area contributed by atoms with Gasteiger partial charge in [-0.2, -0.15) is 0 Å². The van der Waals surface area contributed by atoms with Gasteiger partial charge in [-0.3, -0.25) is 14.6 Å². The van der Waals surface area contributed by atoms with Crippen LogP contribution in [0, 0.1) is 0 Å². The lowest BCUT2D eigenvalue weighted by Crippen LogP contribution is -2.42. The highest BCUT2D eigenvalue weighted by atomic mass is 32.2. The van der Waals surface area contributed by atoms with Crippen molar-refractivity contribution >= 4 is 34.8 Å². The van der Waals surface area contributed by atoms with Gasteiger partial charge in [-0.1, -0.05) is 36.4 Å². The maximum Gasteiger partial charge on any atom is 0.317 e. The van der Waals surface area contributed by atoms with Gasteiger partial charge >= 0.3 is 5.91 Å². The zero-order valence-corrected chi connectivity index (χ0v) is 13.3. The Morgan fingerprint density at radius 1 is 1.00 bits per heavy atom. The molecule has 23 heavy (non-hydrogen) atoms. The number of carbonyl (C=O) groups excluding carboxylic acids is 2. The van der Waals surface area contributed by atoms with Gasteiger partial charge < -0.3 is 0 Å². The Labute approximate surface area is 138 Å². The highest BCUT2D eigenvalue weighted by molar-refractivity contribution is 7.99. The van der Waals surface area contributed by atoms with E-state index in [1.54, 1.807) is 23.8 Å². The number of rotatable bonds is 2. The second-order valence-corrected chi connectivity index (χ2v) is 6.43. The summed E-state index contributed by atoms with van der Waals surface area (Å²) in [7, 11) is 1.81. The summed E-state index contributed by atoms with van der Waals surface area (Å²) < 4.78 is 0. The summed E-state index contributed by atoms with van der Waals surface area (Å²) in [5, 5.41) is 3.25. The number of Topliss-reactive ketones (excluding diaryl/α,β-unsaturated/α-hetero) is 1. The molecule has 0 bridgehead atoms. The largest absolute Gasteiger partial charge is 0.317 e. The second-order valence-electron chi connectivity index (χ2n) is 5.42. The first kappa shape index (κ1) is 14.1. The summed E-state index contributed by atoms with van der Waals surface area (Å²) in [6, 6.07) is 17.5. The van der Waals surface area contributed by atoms with Crippen molar-refractivity contribution in [3.05, 3.63) is 65.7 Å². The molecule has 114 valence electrons. The van der Waals surface area contributed by atoms with Crippen LogP contribution >= 0.6 is 11.8 Å². The summed E-state index contributed by atoms with van der Waals surface area (Å²) in [4.78, 5) is 26.1. The Kier molecular flexibility index (Phi) is 3.23. The van der Waals surface area contributed by atoms with Gasteiger partial charge in [0.1, 0.15) is 0 Å². The van der Waals surface area contributed by atoms with E-state index in [0.717, 1.165) is 21.8 Å². The van der Waals surface area contributed by atoms with E-state index in [2.05, 4.69) is 0 Å². The van der Waals surface area contributed by atoms with Crippen molar-refractivity contribution in [2.24, 2.45) is 0 Å². The average molecular weight is 322 g/mol. The number of amides is 1. The predicted molar refractivity (Wildman–Crippen MR) is 90.8 cm³/mol. The Hall–Kier alpha value is -2.53. The SMILES string of the molecule is CN(c1ccccc1)N1C(=O)C(=O)C2=C1c1ccccc1SC2. The van der Waals surface area contributed by atoms with Crippen LogP contribution in [-0.4, -0.2) is 29.5 Å². The molecule has 0 radical (unpaired) electrons. The van der Waals surface area contributed by atoms with E-state index in [9.17, 15) is 9.59 Å². The third-order valence-electron chi connectivity index (χ3n) is 4.10. The third-order valence-corrected chi connectivity index (χ3v) is 5.20. The Morgan fingerprint density at radius 2 is 1.70 bits per heavy atom. The molecule has 0 N–H and O–H groups in total. The van der Waals surface area contributed by atoms with Crippen LogP contribution in [-0.2, 0) is 9.59 Å². The molecule has 5 heteroatoms. The number of fused-ring (bicyclic) bond motifs is 2. The maximum absolute atomic E-state index is 12.6. The standard InChI is InChI=1S/C18H14N2O2S/c1-19(12-7-3-2-4-8-12)20-16-13-9-5-6-10-15(13)23-11-14(16)17(21)18(20)22/h2-10H,11H2,1H3. The summed E-state index contributed by atoms with van der Waals surface area (Å²) in [6.45, 7) is 0. The molecule has 1 amide bonds. The number of nitrogens with zero attached hydrogens (tertiary/aromatic N) is 2. The number of thioether (sulfide) groups is 1. The van der Waals surface area contributed by atoms with E-state index in [-0.39, 0.29) is 0 Å². The smallest absolute Gasteiger partial charge is 0.283 e. The van der Waals surface area contributed by atoms with Crippen LogP contribution in [0.1, 0.15) is 5.56 Å². The highest BCUT2D eigenvalue weighted by Crippen LogP contribution is 2.43. The van der Waals surface area contributed by atoms with Gasteiger partial charge in [0.25, 0.3) is 5.78 Å². The van der Waals surface area contributed by atoms with Gasteiger partial charge in [0, 0.05) is 28.8 Å². The van der Waals surface area contributed by atoms with Crippen molar-refractivity contribution in [2.45, 2.75) is 4.90 Å². The van der Waals surface area contributed by atoms with Crippen LogP contribution in [0.3, 0.4) is 0 Å². The van der Waals surface area contributed by atoms with Crippen molar-refractivity contribution < 1.29 is 9.59 Å². The summed E-state index contributed by atoms with van der Waals surface area (Å²) >= 11 is 1.60. The highest BCUT2D eigenvalue weighted by Gasteiger charge is 2.43. The second kappa shape index (κ2) is 5.28. The molecule has 0 atom stereocenters. The lowest BCUT2D eigenvalue weighted by atomic mass is 10.1. The van der Waals surface area contributed by atoms with Crippen molar-refractivity contribution in [2.75, 3.05) is 17.8 Å². The van der Waals surface area contributed by atoms with Crippen LogP contribution in [0.5, 0.6) is 0 Å². The molecule has 2 heterocycles. The number of benzene rings is 2. The van der Waals surface area contributed by atoms with Crippen LogP contribution in [0.25, 0.3) is 5.70 Å². The summed E-state index contributed by atoms with van der Waals surface area (Å²) in [6.07, 6.45) is 0. The predicted octanol–water partition coefficient (Wildman–Crippen LogP) is 2.97. The van der Waals surface area contributed by atoms with E-state index in [4.69, 9.17) is 0 Å². The minimum Gasteiger partial charge on any atom is -0.283 e. The zero-order valence-electron chi connectivity index (χ0n) is 12.5. The lowest BCUT2D eigenvalue weighted by Gasteiger charge is -2.33. The van der Waals surface area contributed by atoms with Crippen molar-refractivity contribution in [1.82, 2.24) is 5.01 Å². The first-order valence-electron chi connectivity index (χ1n) is 7.31. The first-order chi connectivity index (χ1) is 11.2. The third kappa shape index (κ3) is 2.08. The van der Waals surface area contributed by atoms with Crippen LogP contribution in [0.4, 0.5) is 5.69 Å². The number of ketones is 1. The number of hydrazine groups is 1. The molecule has 0 aromatic heterocycles. The Bertz CT molecular complexity index is 845. The molecule has 0 fully saturated rings. The summed E-state index contributed by atoms with van der Waals surface area (Å²) in [5.41, 5.74) is 3.13. The average Bonchev–Trinajstić information content (AvgIpc) is 2.87. The van der Waals surface area contributed by atoms with Crippen LogP contribution < -0.4 is 5.01 Å². The van der Waals surface area contributed by atoms with Crippen LogP contribution in [0.15, 0.2) is 65.1 Å². The molecule has 0 aliphatic carbocycles. The number of para-hydroxylation sites is 1. The fourth-order valence-corrected chi connectivity index (χ4v) is 4.02. The van der Waals surface area contributed by atoms with Crippen molar-refractivity contribution in [3.8, 4) is 0 Å². The molecule has 0 spiro atoms. The van der Waals surface area contributed by atoms with Gasteiger partial charge in [0.05, 0.1) is 11.4 Å². The van der Waals surface area contributed by atoms with E-state index >= 15 is 0 Å². The van der Waals surface area contributed by atoms with Crippen LogP contribution in [0.2, 0.25) is 0 Å². The minimum absolute atomic E-state index is 0.398. The molecule has 2 aromatic carbocycles. The minimum atomic E-state index is -0.487. The van der Waals surface area contributed by atoms with E-state index < -0.39 is 11.7 Å². The molecule has 4 nitrogen and oxygen atoms in total. The molecule has 0 unspecified atom stereocenters. The molecular formula is C18H14N2O2S. The van der Waals surface area contributed by atoms with Gasteiger partial charge in [-0.05, 0) is 18.2 Å². The topological polar surface area (TPSA) is 40.6 Å². The molecule has 2 aliphatic rings. The van der Waals surface area contributed by atoms with E-state index in [0.29, 0.717) is 11.3 Å². The normalized spacial score (nSPS) is 16.5. The van der Waals surface area contributed by atoms with E-state index in [1.165, 1.54) is 5.01 Å². The zero-order chi connectivity index (χ0) is 16.0. The number of anilines is 1. The van der Waals surface area contributed by atoms with Gasteiger partial charge in [-0.15, -0.1) is 11.8 Å². The number of hydrogen-bond donors (Lipinski definition) is 0. The van der Waals surface area contributed by atoms with Gasteiger partial charge in [0.15, 0.2) is 0 Å². The van der Waals surface area contributed by atoms with Gasteiger partial charge in [0.2, 0.25) is 0 Å². The first-order valence-corrected chi connectivity index (χ1v) is 8.30. The Balaban J connectivity index is 1.86. The monoisotopic (exact) mass is 322 g/mol. The molecule has 0 saturated heterocycles. The molecule has 2 aliphatic heterocycles. The maximum atomic E-state index is 12.6. The van der Waals surface area contributed by atoms with E-state index in [1.807, 2.05) is 54.6 Å². The number of hydrogen-bond acceptors (Lipinski definition) is 4. The fraction of sp³-hybridized carbons (Fsp3) is 0.111. The Morgan fingerprint density at radius 3 is 2.48 bits per heavy atom. The van der Waals surface area contributed by atoms with Crippen molar-refractivity contribution in [1.29, 1.82) is 0 Å². The van der Waals surface area contributed by atoms with Crippen molar-refractivity contribution in [3.63, 3.8) is 0 Å². The fourth-order valence-electron chi connectivity index (χ4n) is 2.96. The molecule has 4 rings (SSSR count). The lowest BCUT2D eigenvalue weighted by molar-refractivity contribution is -0.139. The summed E-state index contributed by atoms with van der Waals surface area (Å²) in [5.74, 6) is -0.348. The molecular weight excluding hydrogens is 308 g/mol. The molecule has 2 aromatic rings. The van der Waals surface area contributed by atoms with Gasteiger partial charge in [-0.25, -0.2) is 5.01 Å².